The molecule has 5 heteroatoms. The first-order valence-electron chi connectivity index (χ1n) is 4.81. The van der Waals surface area contributed by atoms with E-state index in [2.05, 4.69) is 21.2 Å². The lowest BCUT2D eigenvalue weighted by molar-refractivity contribution is 0.583. The summed E-state index contributed by atoms with van der Waals surface area (Å²) in [6.45, 7) is 1.36. The Kier molecular flexibility index (Phi) is 3.13. The summed E-state index contributed by atoms with van der Waals surface area (Å²) in [5.74, 6) is 0. The Morgan fingerprint density at radius 3 is 2.47 bits per heavy atom. The van der Waals surface area contributed by atoms with Crippen molar-refractivity contribution >= 4 is 25.8 Å². The van der Waals surface area contributed by atoms with E-state index in [1.54, 1.807) is 24.3 Å². The Labute approximate surface area is 97.9 Å². The second kappa shape index (κ2) is 4.23. The summed E-state index contributed by atoms with van der Waals surface area (Å²) < 4.78 is 25.1. The van der Waals surface area contributed by atoms with Crippen LogP contribution in [0.3, 0.4) is 0 Å². The number of halogens is 1. The van der Waals surface area contributed by atoms with Gasteiger partial charge >= 0.3 is 0 Å². The Bertz CT molecular complexity index is 435. The molecule has 1 aromatic rings. The van der Waals surface area contributed by atoms with Gasteiger partial charge in [0.05, 0.1) is 10.1 Å². The highest BCUT2D eigenvalue weighted by Crippen LogP contribution is 2.21. The van der Waals surface area contributed by atoms with Crippen LogP contribution >= 0.6 is 15.9 Å². The number of hydrogen-bond acceptors (Lipinski definition) is 3. The van der Waals surface area contributed by atoms with Crippen molar-refractivity contribution in [3.8, 4) is 0 Å². The Morgan fingerprint density at radius 1 is 1.27 bits per heavy atom. The quantitative estimate of drug-likeness (QED) is 0.899. The van der Waals surface area contributed by atoms with E-state index >= 15 is 0 Å². The zero-order valence-electron chi connectivity index (χ0n) is 8.11. The highest BCUT2D eigenvalue weighted by atomic mass is 79.9. The summed E-state index contributed by atoms with van der Waals surface area (Å²) in [5.41, 5.74) is 0. The molecule has 1 aliphatic rings. The van der Waals surface area contributed by atoms with E-state index in [4.69, 9.17) is 0 Å². The normalized spacial score (nSPS) is 21.8. The van der Waals surface area contributed by atoms with Crippen molar-refractivity contribution < 1.29 is 8.42 Å². The molecule has 1 aromatic carbocycles. The molecular weight excluding hydrogens is 278 g/mol. The molecule has 1 saturated heterocycles. The Morgan fingerprint density at radius 2 is 1.93 bits per heavy atom. The first-order chi connectivity index (χ1) is 7.10. The summed E-state index contributed by atoms with van der Waals surface area (Å²) in [4.78, 5) is 0.416. The van der Waals surface area contributed by atoms with Gasteiger partial charge in [-0.25, -0.2) is 8.42 Å². The standard InChI is InChI=1S/C10H12BrNO2S/c11-8-1-3-9(4-2-8)15(13,14)10-5-6-12-7-10/h1-4,10,12H,5-7H2. The predicted molar refractivity (Wildman–Crippen MR) is 62.6 cm³/mol. The summed E-state index contributed by atoms with van der Waals surface area (Å²) in [6, 6.07) is 6.82. The summed E-state index contributed by atoms with van der Waals surface area (Å²) >= 11 is 3.29. The second-order valence-corrected chi connectivity index (χ2v) is 6.76. The Balaban J connectivity index is 2.32. The van der Waals surface area contributed by atoms with Crippen molar-refractivity contribution in [3.63, 3.8) is 0 Å². The van der Waals surface area contributed by atoms with Crippen molar-refractivity contribution in [1.29, 1.82) is 0 Å². The third kappa shape index (κ3) is 2.24. The van der Waals surface area contributed by atoms with Crippen LogP contribution in [0.15, 0.2) is 33.6 Å². The van der Waals surface area contributed by atoms with Crippen LogP contribution < -0.4 is 5.32 Å². The summed E-state index contributed by atoms with van der Waals surface area (Å²) in [6.07, 6.45) is 0.707. The van der Waals surface area contributed by atoms with E-state index in [1.165, 1.54) is 0 Å². The van der Waals surface area contributed by atoms with Gasteiger partial charge in [0.2, 0.25) is 0 Å². The van der Waals surface area contributed by atoms with Gasteiger partial charge in [0.15, 0.2) is 9.84 Å². The fourth-order valence-electron chi connectivity index (χ4n) is 1.71. The van der Waals surface area contributed by atoms with Crippen LogP contribution in [0.5, 0.6) is 0 Å². The van der Waals surface area contributed by atoms with Crippen LogP contribution in [-0.4, -0.2) is 26.8 Å². The van der Waals surface area contributed by atoms with E-state index in [0.717, 1.165) is 11.0 Å². The number of rotatable bonds is 2. The fourth-order valence-corrected chi connectivity index (χ4v) is 3.64. The van der Waals surface area contributed by atoms with Crippen LogP contribution in [0.4, 0.5) is 0 Å². The molecule has 1 unspecified atom stereocenters. The van der Waals surface area contributed by atoms with Gasteiger partial charge in [0.1, 0.15) is 0 Å². The molecule has 82 valence electrons. The van der Waals surface area contributed by atoms with Crippen molar-refractivity contribution in [2.75, 3.05) is 13.1 Å². The third-order valence-electron chi connectivity index (χ3n) is 2.60. The summed E-state index contributed by atoms with van der Waals surface area (Å²) in [7, 11) is -3.14. The molecule has 0 radical (unpaired) electrons. The maximum Gasteiger partial charge on any atom is 0.182 e. The van der Waals surface area contributed by atoms with E-state index in [9.17, 15) is 8.42 Å². The molecule has 0 bridgehead atoms. The molecule has 1 N–H and O–H groups in total. The SMILES string of the molecule is O=S(=O)(c1ccc(Br)cc1)C1CCNC1. The molecule has 0 aromatic heterocycles. The smallest absolute Gasteiger partial charge is 0.182 e. The van der Waals surface area contributed by atoms with Crippen LogP contribution in [0, 0.1) is 0 Å². The van der Waals surface area contributed by atoms with Crippen molar-refractivity contribution in [2.45, 2.75) is 16.6 Å². The van der Waals surface area contributed by atoms with Gasteiger partial charge in [-0.15, -0.1) is 0 Å². The fraction of sp³-hybridized carbons (Fsp3) is 0.400. The molecule has 1 heterocycles. The highest BCUT2D eigenvalue weighted by molar-refractivity contribution is 9.10. The maximum atomic E-state index is 12.1. The van der Waals surface area contributed by atoms with Gasteiger partial charge in [0.25, 0.3) is 0 Å². The summed E-state index contributed by atoms with van der Waals surface area (Å²) in [5, 5.41) is 2.81. The third-order valence-corrected chi connectivity index (χ3v) is 5.33. The lowest BCUT2D eigenvalue weighted by Gasteiger charge is -2.10. The molecular formula is C10H12BrNO2S. The molecule has 0 spiro atoms. The molecule has 15 heavy (non-hydrogen) atoms. The minimum Gasteiger partial charge on any atom is -0.315 e. The maximum absolute atomic E-state index is 12.1. The van der Waals surface area contributed by atoms with Gasteiger partial charge in [-0.1, -0.05) is 15.9 Å². The van der Waals surface area contributed by atoms with E-state index in [1.807, 2.05) is 0 Å². The van der Waals surface area contributed by atoms with Crippen molar-refractivity contribution in [3.05, 3.63) is 28.7 Å². The van der Waals surface area contributed by atoms with Gasteiger partial charge in [-0.05, 0) is 37.2 Å². The van der Waals surface area contributed by atoms with Crippen LogP contribution in [0.1, 0.15) is 6.42 Å². The lowest BCUT2D eigenvalue weighted by atomic mass is 10.4. The minimum atomic E-state index is -3.14. The number of hydrogen-bond donors (Lipinski definition) is 1. The van der Waals surface area contributed by atoms with Gasteiger partial charge in [-0.3, -0.25) is 0 Å². The zero-order chi connectivity index (χ0) is 10.9. The molecule has 3 nitrogen and oxygen atoms in total. The Hall–Kier alpha value is -0.390. The van der Waals surface area contributed by atoms with E-state index < -0.39 is 9.84 Å². The molecule has 0 aliphatic carbocycles. The average Bonchev–Trinajstić information content (AvgIpc) is 2.71. The number of nitrogens with one attached hydrogen (secondary N) is 1. The molecule has 0 amide bonds. The van der Waals surface area contributed by atoms with Gasteiger partial charge in [0, 0.05) is 11.0 Å². The number of sulfone groups is 1. The van der Waals surface area contributed by atoms with Gasteiger partial charge in [-0.2, -0.15) is 0 Å². The zero-order valence-corrected chi connectivity index (χ0v) is 10.5. The van der Waals surface area contributed by atoms with Crippen LogP contribution in [0.25, 0.3) is 0 Å². The second-order valence-electron chi connectivity index (χ2n) is 3.61. The van der Waals surface area contributed by atoms with Crippen LogP contribution in [0.2, 0.25) is 0 Å². The van der Waals surface area contributed by atoms with Crippen molar-refractivity contribution in [2.24, 2.45) is 0 Å². The minimum absolute atomic E-state index is 0.265. The lowest BCUT2D eigenvalue weighted by Crippen LogP contribution is -2.23. The average molecular weight is 290 g/mol. The molecule has 0 saturated carbocycles. The molecule has 1 aliphatic heterocycles. The largest absolute Gasteiger partial charge is 0.315 e. The molecule has 1 fully saturated rings. The topological polar surface area (TPSA) is 46.2 Å². The van der Waals surface area contributed by atoms with E-state index in [-0.39, 0.29) is 5.25 Å². The first kappa shape index (κ1) is 11.1. The van der Waals surface area contributed by atoms with Crippen LogP contribution in [-0.2, 0) is 9.84 Å². The van der Waals surface area contributed by atoms with E-state index in [0.29, 0.717) is 17.9 Å². The van der Waals surface area contributed by atoms with Gasteiger partial charge < -0.3 is 5.32 Å². The van der Waals surface area contributed by atoms with Crippen molar-refractivity contribution in [1.82, 2.24) is 5.32 Å². The highest BCUT2D eigenvalue weighted by Gasteiger charge is 2.29. The first-order valence-corrected chi connectivity index (χ1v) is 7.15. The number of benzene rings is 1. The molecule has 1 atom stereocenters. The predicted octanol–water partition coefficient (Wildman–Crippen LogP) is 1.58. The molecule has 2 rings (SSSR count). The monoisotopic (exact) mass is 289 g/mol.